The van der Waals surface area contributed by atoms with E-state index in [1.54, 1.807) is 60.9 Å². The number of halogens is 19. The predicted molar refractivity (Wildman–Crippen MR) is 531 cm³/mol. The molecule has 0 saturated carbocycles. The molecule has 140 heavy (non-hydrogen) atoms. The Morgan fingerprint density at radius 3 is 0.593 bits per heavy atom. The lowest BCUT2D eigenvalue weighted by atomic mass is 9.90. The number of carbonyl (C=O) groups is 1. The summed E-state index contributed by atoms with van der Waals surface area (Å²) in [5.41, 5.74) is 19.2. The second kappa shape index (κ2) is 44.7. The van der Waals surface area contributed by atoms with Crippen LogP contribution in [-0.2, 0) is 35.7 Å². The van der Waals surface area contributed by atoms with Crippen molar-refractivity contribution in [1.29, 1.82) is 0 Å². The average Bonchev–Trinajstić information content (AvgIpc) is 0.795. The molecule has 0 fully saturated rings. The highest BCUT2D eigenvalue weighted by Gasteiger charge is 2.35. The molecule has 0 amide bonds. The molecule has 0 unspecified atom stereocenters. The highest BCUT2D eigenvalue weighted by Crippen LogP contribution is 2.45. The average molecular weight is 2160 g/mol. The first kappa shape index (κ1) is 102. The number of pyridine rings is 6. The lowest BCUT2D eigenvalue weighted by Gasteiger charge is -2.14. The number of aliphatic carboxylic acids is 1. The molecule has 0 saturated heterocycles. The first-order valence-corrected chi connectivity index (χ1v) is 45.3. The molecule has 0 aliphatic rings. The van der Waals surface area contributed by atoms with Gasteiger partial charge in [0.1, 0.15) is 5.75 Å². The van der Waals surface area contributed by atoms with Crippen LogP contribution in [0, 0.1) is 6.92 Å². The molecule has 6 heterocycles. The van der Waals surface area contributed by atoms with Crippen molar-refractivity contribution in [2.24, 2.45) is 0 Å². The predicted octanol–water partition coefficient (Wildman–Crippen LogP) is 33.9. The smallest absolute Gasteiger partial charge is 0.536 e. The third-order valence-corrected chi connectivity index (χ3v) is 23.4. The van der Waals surface area contributed by atoms with Gasteiger partial charge in [-0.2, -0.15) is 65.9 Å². The fourth-order valence-corrected chi connectivity index (χ4v) is 16.5. The molecule has 10 nitrogen and oxygen atoms in total. The number of nitrogens with zero attached hydrogens (tertiary/aromatic N) is 6. The number of hydrogen-bond donors (Lipinski definition) is 2. The standard InChI is InChI=1S/C42H27F6N3.C36H21BrF6N2.C24H15Br3.C6H4BF3NO2.C2H4O2/c1-26-11-36(21-49-20-26)30-8-2-5-27(12-30)33-15-34(28-6-3-9-31(13-28)37-18-39(24-50-22-37)41(43,44)45)17-35(16-33)29-7-4-10-32(14-29)38-19-40(25-51-23-38)42(46,47)48;37-34-9-3-8-26(17-34)29-13-27(22-4-1-6-24(10-22)30-15-32(20-44-18-30)35(38,39)40)12-28(14-29)23-5-2-7-25(11-23)31-16-33(21-45-19-31)36(41,42)43;25-22-7-1-4-16(13-22)19-10-20(17-5-2-8-23(26)14-17)12-21(11-19)18-6-3-9-24(27)15-18;8-6(9,10)4-1-5(13-7-12)3-11-2-4;1-2(3)4/h2-25H,1H3;1-21H;1-15H;1-3,12H;1H3,(H,3,4). The number of carboxylic acid groups (broad SMARTS) is 1. The van der Waals surface area contributed by atoms with E-state index in [2.05, 4.69) is 201 Å². The zero-order valence-corrected chi connectivity index (χ0v) is 79.4. The highest BCUT2D eigenvalue weighted by molar-refractivity contribution is 9.11. The van der Waals surface area contributed by atoms with Gasteiger partial charge in [0.05, 0.1) is 34.0 Å². The molecule has 12 aromatic carbocycles. The number of hydrogen-bond acceptors (Lipinski definition) is 9. The molecule has 0 spiro atoms. The molecular weight excluding hydrogens is 2080 g/mol. The van der Waals surface area contributed by atoms with E-state index in [-0.39, 0.29) is 13.4 Å². The topological polar surface area (TPSA) is 144 Å². The second-order valence-electron chi connectivity index (χ2n) is 31.6. The normalized spacial score (nSPS) is 11.4. The van der Waals surface area contributed by atoms with Crippen molar-refractivity contribution in [1.82, 2.24) is 29.9 Å². The Hall–Kier alpha value is -14.3. The molecular formula is C110H71BBr4F15N6O4. The summed E-state index contributed by atoms with van der Waals surface area (Å²) in [6, 6.07) is 95.7. The summed E-state index contributed by atoms with van der Waals surface area (Å²) in [4.78, 5) is 31.9. The van der Waals surface area contributed by atoms with Crippen LogP contribution in [0.4, 0.5) is 65.9 Å². The van der Waals surface area contributed by atoms with Gasteiger partial charge in [0, 0.05) is 121 Å². The van der Waals surface area contributed by atoms with Crippen LogP contribution < -0.4 is 4.65 Å². The second-order valence-corrected chi connectivity index (χ2v) is 35.2. The number of aromatic nitrogens is 6. The molecule has 30 heteroatoms. The van der Waals surface area contributed by atoms with Crippen molar-refractivity contribution < 1.29 is 85.4 Å². The summed E-state index contributed by atoms with van der Waals surface area (Å²) in [7, 11) is 0.289. The fourth-order valence-electron chi connectivity index (χ4n) is 14.9. The quantitative estimate of drug-likeness (QED) is 0.0709. The minimum Gasteiger partial charge on any atom is -0.536 e. The van der Waals surface area contributed by atoms with E-state index in [1.165, 1.54) is 58.2 Å². The maximum atomic E-state index is 13.5. The molecule has 0 bridgehead atoms. The van der Waals surface area contributed by atoms with Crippen LogP contribution in [-0.4, -0.2) is 53.7 Å². The van der Waals surface area contributed by atoms with Gasteiger partial charge in [-0.1, -0.05) is 203 Å². The monoisotopic (exact) mass is 2150 g/mol. The van der Waals surface area contributed by atoms with Crippen LogP contribution in [0.2, 0.25) is 0 Å². The third kappa shape index (κ3) is 27.4. The summed E-state index contributed by atoms with van der Waals surface area (Å²) in [5.74, 6) is -1.00. The van der Waals surface area contributed by atoms with Gasteiger partial charge in [-0.3, -0.25) is 34.7 Å². The summed E-state index contributed by atoms with van der Waals surface area (Å²) < 4.78 is 206. The van der Waals surface area contributed by atoms with E-state index in [9.17, 15) is 65.9 Å². The molecule has 1 radical (unpaired) electrons. The van der Waals surface area contributed by atoms with E-state index in [1.807, 2.05) is 134 Å². The van der Waals surface area contributed by atoms with Crippen LogP contribution in [0.3, 0.4) is 0 Å². The Balaban J connectivity index is 0.000000159. The summed E-state index contributed by atoms with van der Waals surface area (Å²) >= 11 is 14.3. The molecule has 0 aliphatic heterocycles. The van der Waals surface area contributed by atoms with Crippen LogP contribution in [0.15, 0.2) is 402 Å². The zero-order valence-electron chi connectivity index (χ0n) is 73.0. The van der Waals surface area contributed by atoms with E-state index >= 15 is 0 Å². The van der Waals surface area contributed by atoms with Crippen molar-refractivity contribution in [2.45, 2.75) is 44.7 Å². The summed E-state index contributed by atoms with van der Waals surface area (Å²) in [6.07, 6.45) is -8.48. The third-order valence-electron chi connectivity index (χ3n) is 21.4. The van der Waals surface area contributed by atoms with Gasteiger partial charge < -0.3 is 14.8 Å². The molecule has 6 aromatic heterocycles. The molecule has 18 aromatic rings. The summed E-state index contributed by atoms with van der Waals surface area (Å²) in [5, 5.41) is 15.6. The Kier molecular flexibility index (Phi) is 32.4. The lowest BCUT2D eigenvalue weighted by molar-refractivity contribution is -0.138. The Labute approximate surface area is 828 Å². The van der Waals surface area contributed by atoms with E-state index in [0.717, 1.165) is 170 Å². The SMILES string of the molecule is Brc1cccc(-c2cc(-c3cccc(Br)c3)cc(-c3cccc(Br)c3)c2)c1.CC(=O)O.Cc1cncc(-c2cccc(-c3cc(-c4cccc(-c5cncc(C(F)(F)F)c5)c4)cc(-c4cccc(-c5cncc(C(F)(F)F)c5)c4)c3)c2)c1.FC(F)(F)c1cncc(-c2cccc(-c3cc(-c4cccc(Br)c4)cc(-c4cccc(-c5cncc(C(F)(F)F)c5)c4)c3)c2)c1.O[B]Oc1cncc(C(F)(F)F)c1. The Morgan fingerprint density at radius 2 is 0.400 bits per heavy atom. The number of carboxylic acids is 1. The molecule has 2 N–H and O–H groups in total. The van der Waals surface area contributed by atoms with Crippen molar-refractivity contribution >= 4 is 77.4 Å². The maximum absolute atomic E-state index is 13.5. The van der Waals surface area contributed by atoms with Gasteiger partial charge in [-0.15, -0.1) is 0 Å². The Bertz CT molecular complexity index is 7120. The van der Waals surface area contributed by atoms with Gasteiger partial charge in [0.15, 0.2) is 0 Å². The van der Waals surface area contributed by atoms with Crippen molar-refractivity contribution in [3.05, 3.63) is 435 Å². The maximum Gasteiger partial charge on any atom is 0.569 e. The van der Waals surface area contributed by atoms with Crippen LogP contribution in [0.1, 0.15) is 40.3 Å². The van der Waals surface area contributed by atoms with Crippen molar-refractivity contribution in [2.75, 3.05) is 0 Å². The fraction of sp³-hybridized carbons (Fsp3) is 0.0636. The first-order chi connectivity index (χ1) is 66.7. The largest absolute Gasteiger partial charge is 0.569 e. The van der Waals surface area contributed by atoms with E-state index in [4.69, 9.17) is 14.9 Å². The van der Waals surface area contributed by atoms with Gasteiger partial charge >= 0.3 is 38.6 Å². The zero-order chi connectivity index (χ0) is 99.8. The molecule has 18 rings (SSSR count). The highest BCUT2D eigenvalue weighted by atomic mass is 79.9. The van der Waals surface area contributed by atoms with Gasteiger partial charge in [0.25, 0.3) is 5.97 Å². The number of benzene rings is 12. The van der Waals surface area contributed by atoms with Gasteiger partial charge in [-0.05, 0) is 310 Å². The first-order valence-electron chi connectivity index (χ1n) is 42.1. The van der Waals surface area contributed by atoms with E-state index < -0.39 is 64.7 Å². The number of aryl methyl sites for hydroxylation is 1. The molecule has 0 atom stereocenters. The van der Waals surface area contributed by atoms with Crippen LogP contribution >= 0.6 is 63.7 Å². The Morgan fingerprint density at radius 1 is 0.236 bits per heavy atom. The lowest BCUT2D eigenvalue weighted by Crippen LogP contribution is -2.07. The minimum atomic E-state index is -4.54. The molecule has 0 aliphatic carbocycles. The van der Waals surface area contributed by atoms with Gasteiger partial charge in [0.2, 0.25) is 0 Å². The van der Waals surface area contributed by atoms with Crippen molar-refractivity contribution in [3.63, 3.8) is 0 Å². The van der Waals surface area contributed by atoms with Crippen LogP contribution in [0.5, 0.6) is 5.75 Å². The van der Waals surface area contributed by atoms with Crippen molar-refractivity contribution in [3.8, 4) is 162 Å². The van der Waals surface area contributed by atoms with E-state index in [0.29, 0.717) is 50.7 Å². The van der Waals surface area contributed by atoms with Gasteiger partial charge in [-0.25, -0.2) is 0 Å². The number of rotatable bonds is 16. The van der Waals surface area contributed by atoms with Crippen LogP contribution in [0.25, 0.3) is 156 Å². The molecule has 701 valence electrons. The summed E-state index contributed by atoms with van der Waals surface area (Å²) in [6.45, 7) is 3.06. The number of alkyl halides is 15. The minimum absolute atomic E-state index is 0.169.